The largest absolute Gasteiger partial charge is 0.313 e. The SMILES string of the molecule is CCNC1CCC(CC)CC1N1CCC(C)C1. The number of hydrogen-bond acceptors (Lipinski definition) is 2. The summed E-state index contributed by atoms with van der Waals surface area (Å²) in [6, 6.07) is 1.58. The Balaban J connectivity index is 1.97. The Morgan fingerprint density at radius 1 is 1.18 bits per heavy atom. The lowest BCUT2D eigenvalue weighted by atomic mass is 9.80. The van der Waals surface area contributed by atoms with Crippen LogP contribution in [0.5, 0.6) is 0 Å². The maximum atomic E-state index is 3.73. The molecule has 1 heterocycles. The summed E-state index contributed by atoms with van der Waals surface area (Å²) >= 11 is 0. The molecule has 2 nitrogen and oxygen atoms in total. The second-order valence-corrected chi connectivity index (χ2v) is 6.21. The zero-order chi connectivity index (χ0) is 12.3. The second-order valence-electron chi connectivity index (χ2n) is 6.21. The number of nitrogens with one attached hydrogen (secondary N) is 1. The standard InChI is InChI=1S/C15H30N2/c1-4-13-6-7-14(16-5-2)15(10-13)17-9-8-12(3)11-17/h12-16H,4-11H2,1-3H3. The quantitative estimate of drug-likeness (QED) is 0.810. The van der Waals surface area contributed by atoms with Gasteiger partial charge in [-0.1, -0.05) is 27.2 Å². The highest BCUT2D eigenvalue weighted by molar-refractivity contribution is 4.93. The Morgan fingerprint density at radius 3 is 2.59 bits per heavy atom. The lowest BCUT2D eigenvalue weighted by Gasteiger charge is -2.41. The van der Waals surface area contributed by atoms with E-state index >= 15 is 0 Å². The van der Waals surface area contributed by atoms with Crippen molar-refractivity contribution >= 4 is 0 Å². The van der Waals surface area contributed by atoms with Gasteiger partial charge in [0, 0.05) is 18.6 Å². The van der Waals surface area contributed by atoms with E-state index < -0.39 is 0 Å². The summed E-state index contributed by atoms with van der Waals surface area (Å²) in [4.78, 5) is 2.78. The van der Waals surface area contributed by atoms with E-state index in [1.165, 1.54) is 45.2 Å². The molecular weight excluding hydrogens is 208 g/mol. The monoisotopic (exact) mass is 238 g/mol. The molecule has 0 aromatic carbocycles. The molecule has 0 spiro atoms. The van der Waals surface area contributed by atoms with Gasteiger partial charge in [0.15, 0.2) is 0 Å². The third-order valence-electron chi connectivity index (χ3n) is 4.89. The molecule has 1 N–H and O–H groups in total. The highest BCUT2D eigenvalue weighted by Gasteiger charge is 2.35. The number of likely N-dealkylation sites (N-methyl/N-ethyl adjacent to an activating group) is 1. The molecule has 0 radical (unpaired) electrons. The van der Waals surface area contributed by atoms with Crippen LogP contribution in [0.1, 0.15) is 52.9 Å². The molecule has 0 aromatic rings. The van der Waals surface area contributed by atoms with Crippen LogP contribution in [0.15, 0.2) is 0 Å². The Kier molecular flexibility index (Phi) is 4.87. The molecular formula is C15H30N2. The van der Waals surface area contributed by atoms with Crippen molar-refractivity contribution in [3.05, 3.63) is 0 Å². The van der Waals surface area contributed by atoms with Crippen molar-refractivity contribution in [1.82, 2.24) is 10.2 Å². The molecule has 1 saturated heterocycles. The molecule has 0 amide bonds. The van der Waals surface area contributed by atoms with Gasteiger partial charge in [0.2, 0.25) is 0 Å². The van der Waals surface area contributed by atoms with E-state index in [2.05, 4.69) is 31.0 Å². The van der Waals surface area contributed by atoms with Crippen LogP contribution in [0.2, 0.25) is 0 Å². The van der Waals surface area contributed by atoms with E-state index in [0.29, 0.717) is 0 Å². The van der Waals surface area contributed by atoms with E-state index in [4.69, 9.17) is 0 Å². The number of rotatable bonds is 4. The summed E-state index contributed by atoms with van der Waals surface area (Å²) < 4.78 is 0. The topological polar surface area (TPSA) is 15.3 Å². The van der Waals surface area contributed by atoms with Crippen LogP contribution >= 0.6 is 0 Å². The van der Waals surface area contributed by atoms with E-state index in [9.17, 15) is 0 Å². The highest BCUT2D eigenvalue weighted by Crippen LogP contribution is 2.32. The fraction of sp³-hybridized carbons (Fsp3) is 1.00. The van der Waals surface area contributed by atoms with Gasteiger partial charge in [0.05, 0.1) is 0 Å². The van der Waals surface area contributed by atoms with Crippen LogP contribution < -0.4 is 5.32 Å². The zero-order valence-electron chi connectivity index (χ0n) is 11.9. The Morgan fingerprint density at radius 2 is 2.00 bits per heavy atom. The smallest absolute Gasteiger partial charge is 0.0252 e. The average molecular weight is 238 g/mol. The van der Waals surface area contributed by atoms with Gasteiger partial charge < -0.3 is 5.32 Å². The van der Waals surface area contributed by atoms with Gasteiger partial charge in [-0.2, -0.15) is 0 Å². The van der Waals surface area contributed by atoms with Gasteiger partial charge >= 0.3 is 0 Å². The lowest BCUT2D eigenvalue weighted by Crippen LogP contribution is -2.52. The Bertz CT molecular complexity index is 225. The van der Waals surface area contributed by atoms with Gasteiger partial charge in [-0.25, -0.2) is 0 Å². The molecule has 0 bridgehead atoms. The first-order chi connectivity index (χ1) is 8.24. The minimum atomic E-state index is 0.757. The zero-order valence-corrected chi connectivity index (χ0v) is 11.9. The number of nitrogens with zero attached hydrogens (tertiary/aromatic N) is 1. The lowest BCUT2D eigenvalue weighted by molar-refractivity contribution is 0.114. The van der Waals surface area contributed by atoms with Crippen molar-refractivity contribution in [2.45, 2.75) is 65.0 Å². The van der Waals surface area contributed by atoms with E-state index in [0.717, 1.165) is 30.5 Å². The molecule has 2 heteroatoms. The highest BCUT2D eigenvalue weighted by atomic mass is 15.2. The van der Waals surface area contributed by atoms with E-state index in [1.807, 2.05) is 0 Å². The summed E-state index contributed by atoms with van der Waals surface area (Å²) in [6.07, 6.45) is 7.04. The maximum absolute atomic E-state index is 3.73. The summed E-state index contributed by atoms with van der Waals surface area (Å²) in [5, 5.41) is 3.73. The molecule has 2 rings (SSSR count). The summed E-state index contributed by atoms with van der Waals surface area (Å²) in [5.74, 6) is 1.89. The Labute approximate surface area is 107 Å². The van der Waals surface area contributed by atoms with Gasteiger partial charge in [-0.3, -0.25) is 4.90 Å². The first kappa shape index (κ1) is 13.4. The van der Waals surface area contributed by atoms with Crippen molar-refractivity contribution in [3.63, 3.8) is 0 Å². The molecule has 4 unspecified atom stereocenters. The van der Waals surface area contributed by atoms with Crippen LogP contribution in [0.25, 0.3) is 0 Å². The number of hydrogen-bond donors (Lipinski definition) is 1. The van der Waals surface area contributed by atoms with Crippen molar-refractivity contribution in [2.24, 2.45) is 11.8 Å². The molecule has 1 aliphatic heterocycles. The summed E-state index contributed by atoms with van der Waals surface area (Å²) in [5.41, 5.74) is 0. The summed E-state index contributed by atoms with van der Waals surface area (Å²) in [7, 11) is 0. The molecule has 17 heavy (non-hydrogen) atoms. The molecule has 4 atom stereocenters. The predicted octanol–water partition coefficient (Wildman–Crippen LogP) is 2.89. The van der Waals surface area contributed by atoms with Gasteiger partial charge in [0.25, 0.3) is 0 Å². The van der Waals surface area contributed by atoms with Gasteiger partial charge in [0.1, 0.15) is 0 Å². The number of likely N-dealkylation sites (tertiary alicyclic amines) is 1. The first-order valence-electron chi connectivity index (χ1n) is 7.72. The van der Waals surface area contributed by atoms with E-state index in [-0.39, 0.29) is 0 Å². The average Bonchev–Trinajstić information content (AvgIpc) is 2.77. The minimum absolute atomic E-state index is 0.757. The molecule has 1 saturated carbocycles. The predicted molar refractivity (Wildman–Crippen MR) is 74.2 cm³/mol. The van der Waals surface area contributed by atoms with Gasteiger partial charge in [-0.15, -0.1) is 0 Å². The minimum Gasteiger partial charge on any atom is -0.313 e. The van der Waals surface area contributed by atoms with Crippen LogP contribution in [-0.2, 0) is 0 Å². The van der Waals surface area contributed by atoms with Crippen LogP contribution in [0.4, 0.5) is 0 Å². The molecule has 100 valence electrons. The maximum Gasteiger partial charge on any atom is 0.0252 e. The molecule has 2 aliphatic rings. The van der Waals surface area contributed by atoms with Crippen molar-refractivity contribution in [1.29, 1.82) is 0 Å². The Hall–Kier alpha value is -0.0800. The third-order valence-corrected chi connectivity index (χ3v) is 4.89. The summed E-state index contributed by atoms with van der Waals surface area (Å²) in [6.45, 7) is 10.8. The normalized spacial score (nSPS) is 39.7. The molecule has 1 aliphatic carbocycles. The first-order valence-corrected chi connectivity index (χ1v) is 7.72. The fourth-order valence-corrected chi connectivity index (χ4v) is 3.78. The van der Waals surface area contributed by atoms with Crippen molar-refractivity contribution in [3.8, 4) is 0 Å². The molecule has 0 aromatic heterocycles. The van der Waals surface area contributed by atoms with Crippen molar-refractivity contribution in [2.75, 3.05) is 19.6 Å². The van der Waals surface area contributed by atoms with Crippen molar-refractivity contribution < 1.29 is 0 Å². The van der Waals surface area contributed by atoms with Gasteiger partial charge in [-0.05, 0) is 50.6 Å². The van der Waals surface area contributed by atoms with Crippen LogP contribution in [-0.4, -0.2) is 36.6 Å². The van der Waals surface area contributed by atoms with Crippen LogP contribution in [0, 0.1) is 11.8 Å². The second kappa shape index (κ2) is 6.19. The van der Waals surface area contributed by atoms with E-state index in [1.54, 1.807) is 0 Å². The fourth-order valence-electron chi connectivity index (χ4n) is 3.78. The third kappa shape index (κ3) is 3.23. The van der Waals surface area contributed by atoms with Crippen LogP contribution in [0.3, 0.4) is 0 Å². The molecule has 2 fully saturated rings.